The van der Waals surface area contributed by atoms with E-state index in [-0.39, 0.29) is 0 Å². The highest BCUT2D eigenvalue weighted by atomic mass is 32.3. The molecule has 1 aromatic rings. The van der Waals surface area contributed by atoms with E-state index < -0.39 is 31.5 Å². The minimum absolute atomic E-state index is 0.519. The average molecular weight is 221 g/mol. The maximum Gasteiger partial charge on any atom is 0.335 e. The van der Waals surface area contributed by atoms with Gasteiger partial charge < -0.3 is 5.11 Å². The Bertz CT molecular complexity index is 483. The van der Waals surface area contributed by atoms with Crippen LogP contribution >= 0.6 is 0 Å². The molecule has 0 atom stereocenters. The molecule has 0 heterocycles. The van der Waals surface area contributed by atoms with Crippen LogP contribution < -0.4 is 0 Å². The molecule has 0 aliphatic carbocycles. The van der Waals surface area contributed by atoms with Crippen LogP contribution in [-0.2, 0) is 10.2 Å². The number of nitro groups is 1. The van der Waals surface area contributed by atoms with Crippen LogP contribution in [0.15, 0.2) is 23.1 Å². The molecule has 0 aliphatic rings. The fraction of sp³-hybridized carbons (Fsp3) is 0. The number of nitrogens with zero attached hydrogens (tertiary/aromatic N) is 1. The Kier molecular flexibility index (Phi) is 2.39. The van der Waals surface area contributed by atoms with E-state index in [1.54, 1.807) is 0 Å². The summed E-state index contributed by atoms with van der Waals surface area (Å²) in [5.74, 6) is -0.985. The van der Waals surface area contributed by atoms with Gasteiger partial charge >= 0.3 is 10.2 Å². The number of benzene rings is 1. The van der Waals surface area contributed by atoms with Crippen molar-refractivity contribution in [3.05, 3.63) is 28.3 Å². The lowest BCUT2D eigenvalue weighted by Gasteiger charge is -1.98. The summed E-state index contributed by atoms with van der Waals surface area (Å²) in [5.41, 5.74) is -0.519. The average Bonchev–Trinajstić information content (AvgIpc) is 2.01. The van der Waals surface area contributed by atoms with Gasteiger partial charge in [0.25, 0.3) is 5.69 Å². The van der Waals surface area contributed by atoms with Crippen molar-refractivity contribution >= 4 is 15.9 Å². The van der Waals surface area contributed by atoms with Crippen molar-refractivity contribution in [1.82, 2.24) is 0 Å². The highest BCUT2D eigenvalue weighted by molar-refractivity contribution is 7.86. The highest BCUT2D eigenvalue weighted by Gasteiger charge is 2.19. The Morgan fingerprint density at radius 1 is 1.43 bits per heavy atom. The van der Waals surface area contributed by atoms with Crippen molar-refractivity contribution in [2.24, 2.45) is 0 Å². The zero-order valence-corrected chi connectivity index (χ0v) is 7.36. The predicted octanol–water partition coefficient (Wildman–Crippen LogP) is 0.959. The summed E-state index contributed by atoms with van der Waals surface area (Å²) >= 11 is 0. The van der Waals surface area contributed by atoms with Gasteiger partial charge in [-0.05, 0) is 6.07 Å². The molecule has 0 bridgehead atoms. The van der Waals surface area contributed by atoms with Crippen LogP contribution in [0.3, 0.4) is 0 Å². The molecule has 8 heteroatoms. The zero-order valence-electron chi connectivity index (χ0n) is 6.55. The largest absolute Gasteiger partial charge is 0.506 e. The van der Waals surface area contributed by atoms with Gasteiger partial charge in [0.2, 0.25) is 0 Å². The number of aromatic hydroxyl groups is 1. The van der Waals surface area contributed by atoms with E-state index in [0.29, 0.717) is 12.1 Å². The van der Waals surface area contributed by atoms with Gasteiger partial charge in [-0.2, -0.15) is 8.42 Å². The lowest BCUT2D eigenvalue weighted by molar-refractivity contribution is -0.385. The number of phenols is 1. The van der Waals surface area contributed by atoms with E-state index in [4.69, 9.17) is 5.11 Å². The molecule has 1 N–H and O–H groups in total. The standard InChI is InChI=1S/C6H4FNO5S/c7-14(12,13)6-2-1-4(8(10)11)3-5(6)9/h1-3,9H. The maximum atomic E-state index is 12.4. The number of halogens is 1. The molecule has 0 aliphatic heterocycles. The van der Waals surface area contributed by atoms with Crippen LogP contribution in [-0.4, -0.2) is 18.4 Å². The molecule has 76 valence electrons. The second-order valence-corrected chi connectivity index (χ2v) is 3.66. The SMILES string of the molecule is O=[N+]([O-])c1ccc(S(=O)(=O)F)c(O)c1. The zero-order chi connectivity index (χ0) is 10.9. The second-order valence-electron chi connectivity index (χ2n) is 2.35. The van der Waals surface area contributed by atoms with Gasteiger partial charge in [-0.25, -0.2) is 0 Å². The third-order valence-electron chi connectivity index (χ3n) is 1.42. The van der Waals surface area contributed by atoms with Crippen LogP contribution in [0.4, 0.5) is 9.57 Å². The number of phenolic OH excluding ortho intramolecular Hbond substituents is 1. The van der Waals surface area contributed by atoms with Crippen LogP contribution in [0.25, 0.3) is 0 Å². The second kappa shape index (κ2) is 3.22. The third kappa shape index (κ3) is 1.96. The molecule has 0 unspecified atom stereocenters. The van der Waals surface area contributed by atoms with Crippen LogP contribution in [0.1, 0.15) is 0 Å². The fourth-order valence-corrected chi connectivity index (χ4v) is 1.36. The van der Waals surface area contributed by atoms with E-state index in [1.807, 2.05) is 0 Å². The van der Waals surface area contributed by atoms with Crippen LogP contribution in [0, 0.1) is 10.1 Å². The van der Waals surface area contributed by atoms with Crippen LogP contribution in [0.5, 0.6) is 5.75 Å². The van der Waals surface area contributed by atoms with Crippen molar-refractivity contribution in [2.45, 2.75) is 4.90 Å². The quantitative estimate of drug-likeness (QED) is 0.455. The van der Waals surface area contributed by atoms with E-state index in [2.05, 4.69) is 0 Å². The highest BCUT2D eigenvalue weighted by Crippen LogP contribution is 2.28. The van der Waals surface area contributed by atoms with Gasteiger partial charge in [-0.1, -0.05) is 0 Å². The number of non-ortho nitro benzene ring substituents is 1. The van der Waals surface area contributed by atoms with Crippen molar-refractivity contribution in [3.63, 3.8) is 0 Å². The van der Waals surface area contributed by atoms with E-state index in [0.717, 1.165) is 6.07 Å². The maximum absolute atomic E-state index is 12.4. The van der Waals surface area contributed by atoms with Crippen molar-refractivity contribution < 1.29 is 22.3 Å². The molecule has 0 radical (unpaired) electrons. The Hall–Kier alpha value is -1.70. The summed E-state index contributed by atoms with van der Waals surface area (Å²) in [6, 6.07) is 1.97. The Morgan fingerprint density at radius 3 is 2.36 bits per heavy atom. The lowest BCUT2D eigenvalue weighted by Crippen LogP contribution is -1.94. The number of hydrogen-bond acceptors (Lipinski definition) is 5. The van der Waals surface area contributed by atoms with Crippen molar-refractivity contribution in [1.29, 1.82) is 0 Å². The minimum atomic E-state index is -5.05. The van der Waals surface area contributed by atoms with Crippen LogP contribution in [0.2, 0.25) is 0 Å². The lowest BCUT2D eigenvalue weighted by atomic mass is 10.3. The molecule has 0 saturated heterocycles. The Morgan fingerprint density at radius 2 is 2.00 bits per heavy atom. The van der Waals surface area contributed by atoms with E-state index in [1.165, 1.54) is 0 Å². The molecular weight excluding hydrogens is 217 g/mol. The Balaban J connectivity index is 3.35. The summed E-state index contributed by atoms with van der Waals surface area (Å²) in [4.78, 5) is 8.34. The van der Waals surface area contributed by atoms with Gasteiger partial charge in [-0.3, -0.25) is 10.1 Å². The van der Waals surface area contributed by atoms with Crippen molar-refractivity contribution in [3.8, 4) is 5.75 Å². The summed E-state index contributed by atoms with van der Waals surface area (Å²) in [6.45, 7) is 0. The van der Waals surface area contributed by atoms with Gasteiger partial charge in [0, 0.05) is 6.07 Å². The smallest absolute Gasteiger partial charge is 0.335 e. The Labute approximate surface area is 78.0 Å². The molecule has 14 heavy (non-hydrogen) atoms. The van der Waals surface area contributed by atoms with Gasteiger partial charge in [0.05, 0.1) is 11.0 Å². The molecule has 1 rings (SSSR count). The number of hydrogen-bond donors (Lipinski definition) is 1. The van der Waals surface area contributed by atoms with E-state index in [9.17, 15) is 22.4 Å². The monoisotopic (exact) mass is 221 g/mol. The summed E-state index contributed by atoms with van der Waals surface area (Å²) in [7, 11) is -5.05. The van der Waals surface area contributed by atoms with Gasteiger partial charge in [0.15, 0.2) is 0 Å². The molecule has 0 saturated carbocycles. The van der Waals surface area contributed by atoms with Gasteiger partial charge in [-0.15, -0.1) is 3.89 Å². The van der Waals surface area contributed by atoms with E-state index >= 15 is 0 Å². The molecule has 0 fully saturated rings. The summed E-state index contributed by atoms with van der Waals surface area (Å²) in [5, 5.41) is 19.1. The fourth-order valence-electron chi connectivity index (χ4n) is 0.826. The molecule has 0 spiro atoms. The molecular formula is C6H4FNO5S. The number of nitro benzene ring substituents is 1. The first-order valence-corrected chi connectivity index (χ1v) is 4.63. The molecule has 1 aromatic carbocycles. The predicted molar refractivity (Wildman–Crippen MR) is 43.1 cm³/mol. The third-order valence-corrected chi connectivity index (χ3v) is 2.29. The molecule has 0 aromatic heterocycles. The molecule has 6 nitrogen and oxygen atoms in total. The topological polar surface area (TPSA) is 97.5 Å². The first-order valence-electron chi connectivity index (χ1n) is 3.24. The first-order chi connectivity index (χ1) is 6.32. The summed E-state index contributed by atoms with van der Waals surface area (Å²) < 4.78 is 33.0. The molecule has 0 amide bonds. The summed E-state index contributed by atoms with van der Waals surface area (Å²) in [6.07, 6.45) is 0. The minimum Gasteiger partial charge on any atom is -0.506 e. The normalized spacial score (nSPS) is 11.2. The van der Waals surface area contributed by atoms with Crippen molar-refractivity contribution in [2.75, 3.05) is 0 Å². The first kappa shape index (κ1) is 10.4. The van der Waals surface area contributed by atoms with Gasteiger partial charge in [0.1, 0.15) is 10.6 Å². The number of rotatable bonds is 2.